The molecule has 19 heavy (non-hydrogen) atoms. The van der Waals surface area contributed by atoms with E-state index in [1.165, 1.54) is 17.8 Å². The predicted octanol–water partition coefficient (Wildman–Crippen LogP) is 4.04. The van der Waals surface area contributed by atoms with Crippen molar-refractivity contribution in [1.29, 1.82) is 0 Å². The number of hydrogen-bond donors (Lipinski definition) is 1. The van der Waals surface area contributed by atoms with Gasteiger partial charge in [0, 0.05) is 16.2 Å². The molecule has 2 nitrogen and oxygen atoms in total. The van der Waals surface area contributed by atoms with Crippen molar-refractivity contribution in [2.24, 2.45) is 0 Å². The number of rotatable bonds is 3. The van der Waals surface area contributed by atoms with Gasteiger partial charge in [-0.3, -0.25) is 0 Å². The highest BCUT2D eigenvalue weighted by atomic mass is 32.2. The summed E-state index contributed by atoms with van der Waals surface area (Å²) in [5.41, 5.74) is 2.37. The normalized spacial score (nSPS) is 12.5. The third-order valence-electron chi connectivity index (χ3n) is 2.72. The van der Waals surface area contributed by atoms with E-state index in [1.807, 2.05) is 26.0 Å². The van der Waals surface area contributed by atoms with Crippen LogP contribution in [0.15, 0.2) is 40.3 Å². The largest absolute Gasteiger partial charge is 0.389 e. The van der Waals surface area contributed by atoms with Crippen molar-refractivity contribution < 1.29 is 9.50 Å². The van der Waals surface area contributed by atoms with Gasteiger partial charge in [-0.15, -0.1) is 0 Å². The smallest absolute Gasteiger partial charge is 0.130 e. The number of hydrogen-bond acceptors (Lipinski definition) is 3. The monoisotopic (exact) mass is 277 g/mol. The zero-order valence-corrected chi connectivity index (χ0v) is 12.0. The first kappa shape index (κ1) is 14.0. The maximum atomic E-state index is 13.8. The van der Waals surface area contributed by atoms with Crippen LogP contribution in [0.25, 0.3) is 0 Å². The Balaban J connectivity index is 2.40. The highest BCUT2D eigenvalue weighted by molar-refractivity contribution is 7.99. The van der Waals surface area contributed by atoms with Gasteiger partial charge < -0.3 is 5.11 Å². The average Bonchev–Trinajstić information content (AvgIpc) is 2.26. The molecule has 0 radical (unpaired) electrons. The topological polar surface area (TPSA) is 33.1 Å². The van der Waals surface area contributed by atoms with Crippen LogP contribution in [0.3, 0.4) is 0 Å². The Morgan fingerprint density at radius 2 is 2.00 bits per heavy atom. The van der Waals surface area contributed by atoms with Crippen molar-refractivity contribution in [3.8, 4) is 0 Å². The van der Waals surface area contributed by atoms with E-state index >= 15 is 0 Å². The number of benzene rings is 1. The highest BCUT2D eigenvalue weighted by Crippen LogP contribution is 2.34. The highest BCUT2D eigenvalue weighted by Gasteiger charge is 2.14. The first-order valence-electron chi connectivity index (χ1n) is 6.07. The summed E-state index contributed by atoms with van der Waals surface area (Å²) in [6.07, 6.45) is -0.838. The van der Waals surface area contributed by atoms with Gasteiger partial charge in [0.15, 0.2) is 0 Å². The number of aryl methyl sites for hydroxylation is 2. The van der Waals surface area contributed by atoms with Crippen molar-refractivity contribution in [1.82, 2.24) is 4.98 Å². The Bertz CT molecular complexity index is 578. The summed E-state index contributed by atoms with van der Waals surface area (Å²) in [4.78, 5) is 5.12. The number of nitrogens with zero attached hydrogens (tertiary/aromatic N) is 1. The molecule has 0 saturated carbocycles. The van der Waals surface area contributed by atoms with Crippen molar-refractivity contribution >= 4 is 11.8 Å². The Hall–Kier alpha value is -1.39. The van der Waals surface area contributed by atoms with E-state index in [1.54, 1.807) is 19.1 Å². The van der Waals surface area contributed by atoms with Crippen LogP contribution in [-0.2, 0) is 0 Å². The molecule has 0 aliphatic carbocycles. The molecule has 0 saturated heterocycles. The summed E-state index contributed by atoms with van der Waals surface area (Å²) in [7, 11) is 0. The minimum Gasteiger partial charge on any atom is -0.389 e. The molecule has 1 N–H and O–H groups in total. The molecule has 1 atom stereocenters. The fraction of sp³-hybridized carbons (Fsp3) is 0.267. The van der Waals surface area contributed by atoms with Gasteiger partial charge in [0.2, 0.25) is 0 Å². The first-order chi connectivity index (χ1) is 8.97. The second-order valence-electron chi connectivity index (χ2n) is 4.55. The zero-order valence-electron chi connectivity index (χ0n) is 11.1. The third kappa shape index (κ3) is 3.33. The molecule has 0 bridgehead atoms. The number of aromatic nitrogens is 1. The molecule has 1 heterocycles. The number of aliphatic hydroxyl groups excluding tert-OH is 1. The Kier molecular flexibility index (Phi) is 4.22. The van der Waals surface area contributed by atoms with Crippen LogP contribution >= 0.6 is 11.8 Å². The maximum absolute atomic E-state index is 13.8. The Morgan fingerprint density at radius 1 is 1.26 bits per heavy atom. The van der Waals surface area contributed by atoms with Crippen LogP contribution in [0.2, 0.25) is 0 Å². The lowest BCUT2D eigenvalue weighted by atomic mass is 10.1. The van der Waals surface area contributed by atoms with E-state index in [4.69, 9.17) is 0 Å². The van der Waals surface area contributed by atoms with E-state index in [9.17, 15) is 9.50 Å². The average molecular weight is 277 g/mol. The lowest BCUT2D eigenvalue weighted by molar-refractivity contribution is 0.191. The zero-order chi connectivity index (χ0) is 14.0. The first-order valence-corrected chi connectivity index (χ1v) is 6.88. The second-order valence-corrected chi connectivity index (χ2v) is 5.62. The van der Waals surface area contributed by atoms with Crippen LogP contribution in [-0.4, -0.2) is 10.1 Å². The molecule has 0 amide bonds. The van der Waals surface area contributed by atoms with Crippen LogP contribution in [0, 0.1) is 19.7 Å². The van der Waals surface area contributed by atoms with Crippen LogP contribution in [0.1, 0.15) is 29.8 Å². The molecular formula is C15H16FNOS. The number of halogens is 1. The molecule has 0 fully saturated rings. The van der Waals surface area contributed by atoms with Gasteiger partial charge in [-0.25, -0.2) is 9.37 Å². The van der Waals surface area contributed by atoms with E-state index < -0.39 is 6.10 Å². The molecule has 2 aromatic rings. The Morgan fingerprint density at radius 3 is 2.63 bits per heavy atom. The summed E-state index contributed by atoms with van der Waals surface area (Å²) in [5.74, 6) is -0.385. The number of pyridine rings is 1. The lowest BCUT2D eigenvalue weighted by Crippen LogP contribution is -1.98. The standard InChI is InChI=1S/C15H16FNOS/c1-9-7-10(2)17-14(8-9)19-13-6-4-5-12(16)15(13)11(3)18/h4-8,11,18H,1-3H3/t11-/m1/s1. The quantitative estimate of drug-likeness (QED) is 0.919. The van der Waals surface area contributed by atoms with E-state index in [-0.39, 0.29) is 5.82 Å². The van der Waals surface area contributed by atoms with Crippen LogP contribution in [0.5, 0.6) is 0 Å². The molecular weight excluding hydrogens is 261 g/mol. The molecule has 0 spiro atoms. The van der Waals surface area contributed by atoms with Gasteiger partial charge in [-0.2, -0.15) is 0 Å². The molecule has 0 aliphatic rings. The van der Waals surface area contributed by atoms with Crippen molar-refractivity contribution in [3.63, 3.8) is 0 Å². The van der Waals surface area contributed by atoms with Crippen LogP contribution in [0.4, 0.5) is 4.39 Å². The summed E-state index contributed by atoms with van der Waals surface area (Å²) in [6, 6.07) is 8.75. The molecule has 1 aromatic carbocycles. The summed E-state index contributed by atoms with van der Waals surface area (Å²) in [5, 5.41) is 10.5. The minimum atomic E-state index is -0.838. The summed E-state index contributed by atoms with van der Waals surface area (Å²) >= 11 is 1.37. The van der Waals surface area contributed by atoms with Crippen molar-refractivity contribution in [3.05, 3.63) is 53.0 Å². The SMILES string of the molecule is Cc1cc(C)nc(Sc2cccc(F)c2[C@@H](C)O)c1. The number of aliphatic hydroxyl groups is 1. The van der Waals surface area contributed by atoms with E-state index in [2.05, 4.69) is 4.98 Å². The van der Waals surface area contributed by atoms with Crippen LogP contribution < -0.4 is 0 Å². The molecule has 0 unspecified atom stereocenters. The molecule has 4 heteroatoms. The molecule has 2 rings (SSSR count). The lowest BCUT2D eigenvalue weighted by Gasteiger charge is -2.12. The summed E-state index contributed by atoms with van der Waals surface area (Å²) < 4.78 is 13.8. The molecule has 0 aliphatic heterocycles. The van der Waals surface area contributed by atoms with Gasteiger partial charge in [-0.05, 0) is 50.6 Å². The van der Waals surface area contributed by atoms with Gasteiger partial charge in [0.1, 0.15) is 10.8 Å². The van der Waals surface area contributed by atoms with Crippen molar-refractivity contribution in [2.45, 2.75) is 36.8 Å². The second kappa shape index (κ2) is 5.72. The van der Waals surface area contributed by atoms with Gasteiger partial charge in [0.25, 0.3) is 0 Å². The molecule has 100 valence electrons. The van der Waals surface area contributed by atoms with E-state index in [0.717, 1.165) is 16.3 Å². The van der Waals surface area contributed by atoms with Gasteiger partial charge in [-0.1, -0.05) is 17.8 Å². The fourth-order valence-electron chi connectivity index (χ4n) is 1.98. The van der Waals surface area contributed by atoms with Gasteiger partial charge >= 0.3 is 0 Å². The predicted molar refractivity (Wildman–Crippen MR) is 74.9 cm³/mol. The summed E-state index contributed by atoms with van der Waals surface area (Å²) in [6.45, 7) is 5.50. The molecule has 1 aromatic heterocycles. The third-order valence-corrected chi connectivity index (χ3v) is 3.71. The fourth-order valence-corrected chi connectivity index (χ4v) is 3.17. The van der Waals surface area contributed by atoms with E-state index in [0.29, 0.717) is 10.5 Å². The van der Waals surface area contributed by atoms with Gasteiger partial charge in [0.05, 0.1) is 6.10 Å². The Labute approximate surface area is 116 Å². The minimum absolute atomic E-state index is 0.327. The maximum Gasteiger partial charge on any atom is 0.130 e. The van der Waals surface area contributed by atoms with Crippen molar-refractivity contribution in [2.75, 3.05) is 0 Å².